The van der Waals surface area contributed by atoms with Gasteiger partial charge in [0, 0.05) is 18.7 Å². The van der Waals surface area contributed by atoms with Crippen molar-refractivity contribution in [2.45, 2.75) is 69.6 Å². The highest BCUT2D eigenvalue weighted by molar-refractivity contribution is 7.92. The number of sulfone groups is 1. The standard InChI is InChI=1S/C15H27NO5S/c1-11(22(2,20)21)15(19)16-13(8-9-14(17)18)10-12-6-4-3-5-7-12/h11-13H,3-10H2,1-2H3,(H,16,19)(H,17,18). The van der Waals surface area contributed by atoms with Crippen LogP contribution >= 0.6 is 0 Å². The fourth-order valence-corrected chi connectivity index (χ4v) is 3.34. The summed E-state index contributed by atoms with van der Waals surface area (Å²) in [5.41, 5.74) is 0. The van der Waals surface area contributed by atoms with Crippen molar-refractivity contribution in [3.05, 3.63) is 0 Å². The highest BCUT2D eigenvalue weighted by atomic mass is 32.2. The Labute approximate surface area is 132 Å². The van der Waals surface area contributed by atoms with Crippen molar-refractivity contribution in [1.29, 1.82) is 0 Å². The van der Waals surface area contributed by atoms with E-state index < -0.39 is 27.0 Å². The molecule has 1 amide bonds. The molecule has 0 aromatic rings. The van der Waals surface area contributed by atoms with Gasteiger partial charge in [-0.1, -0.05) is 32.1 Å². The maximum absolute atomic E-state index is 12.0. The number of amides is 1. The molecule has 0 saturated heterocycles. The highest BCUT2D eigenvalue weighted by Crippen LogP contribution is 2.28. The number of hydrogen-bond acceptors (Lipinski definition) is 4. The molecule has 1 aliphatic rings. The molecule has 128 valence electrons. The van der Waals surface area contributed by atoms with Crippen LogP contribution in [0, 0.1) is 5.92 Å². The van der Waals surface area contributed by atoms with E-state index in [9.17, 15) is 18.0 Å². The van der Waals surface area contributed by atoms with Crippen LogP contribution in [-0.2, 0) is 19.4 Å². The Hall–Kier alpha value is -1.11. The number of carboxylic acids is 1. The maximum Gasteiger partial charge on any atom is 0.303 e. The first-order valence-corrected chi connectivity index (χ1v) is 9.86. The molecule has 0 radical (unpaired) electrons. The summed E-state index contributed by atoms with van der Waals surface area (Å²) in [5, 5.41) is 10.5. The monoisotopic (exact) mass is 333 g/mol. The Morgan fingerprint density at radius 2 is 1.82 bits per heavy atom. The summed E-state index contributed by atoms with van der Waals surface area (Å²) in [6, 6.07) is -0.268. The lowest BCUT2D eigenvalue weighted by atomic mass is 9.84. The summed E-state index contributed by atoms with van der Waals surface area (Å²) in [4.78, 5) is 22.8. The van der Waals surface area contributed by atoms with Gasteiger partial charge in [-0.15, -0.1) is 0 Å². The predicted molar refractivity (Wildman–Crippen MR) is 84.3 cm³/mol. The number of rotatable bonds is 8. The second kappa shape index (κ2) is 8.50. The van der Waals surface area contributed by atoms with Crippen LogP contribution in [0.25, 0.3) is 0 Å². The molecule has 2 atom stereocenters. The fourth-order valence-electron chi connectivity index (χ4n) is 2.88. The molecule has 0 spiro atoms. The van der Waals surface area contributed by atoms with Crippen molar-refractivity contribution in [2.75, 3.05) is 6.26 Å². The van der Waals surface area contributed by atoms with Crippen LogP contribution in [0.5, 0.6) is 0 Å². The van der Waals surface area contributed by atoms with E-state index in [4.69, 9.17) is 5.11 Å². The minimum Gasteiger partial charge on any atom is -0.481 e. The summed E-state index contributed by atoms with van der Waals surface area (Å²) < 4.78 is 22.9. The van der Waals surface area contributed by atoms with E-state index >= 15 is 0 Å². The first-order valence-electron chi connectivity index (χ1n) is 7.91. The molecule has 0 aromatic carbocycles. The molecule has 1 rings (SSSR count). The van der Waals surface area contributed by atoms with Crippen LogP contribution < -0.4 is 5.32 Å². The van der Waals surface area contributed by atoms with Crippen molar-refractivity contribution < 1.29 is 23.1 Å². The number of aliphatic carboxylic acids is 1. The SMILES string of the molecule is CC(C(=O)NC(CCC(=O)O)CC1CCCCC1)S(C)(=O)=O. The third-order valence-electron chi connectivity index (χ3n) is 4.41. The minimum absolute atomic E-state index is 0.0229. The molecule has 0 aromatic heterocycles. The normalized spacial score (nSPS) is 19.4. The Morgan fingerprint density at radius 3 is 2.32 bits per heavy atom. The Bertz CT molecular complexity index is 482. The highest BCUT2D eigenvalue weighted by Gasteiger charge is 2.27. The van der Waals surface area contributed by atoms with Crippen molar-refractivity contribution >= 4 is 21.7 Å². The summed E-state index contributed by atoms with van der Waals surface area (Å²) in [6.07, 6.45) is 7.85. The zero-order chi connectivity index (χ0) is 16.8. The topological polar surface area (TPSA) is 101 Å². The van der Waals surface area contributed by atoms with Gasteiger partial charge in [-0.05, 0) is 25.7 Å². The van der Waals surface area contributed by atoms with E-state index in [0.717, 1.165) is 25.5 Å². The summed E-state index contributed by atoms with van der Waals surface area (Å²) in [5.74, 6) is -0.950. The lowest BCUT2D eigenvalue weighted by Crippen LogP contribution is -2.44. The van der Waals surface area contributed by atoms with Crippen molar-refractivity contribution in [2.24, 2.45) is 5.92 Å². The number of hydrogen-bond donors (Lipinski definition) is 2. The van der Waals surface area contributed by atoms with Crippen LogP contribution in [0.15, 0.2) is 0 Å². The van der Waals surface area contributed by atoms with Gasteiger partial charge in [-0.2, -0.15) is 0 Å². The largest absolute Gasteiger partial charge is 0.481 e. The van der Waals surface area contributed by atoms with Crippen molar-refractivity contribution in [1.82, 2.24) is 5.32 Å². The number of carboxylic acid groups (broad SMARTS) is 1. The molecule has 7 heteroatoms. The Balaban J connectivity index is 2.63. The summed E-state index contributed by atoms with van der Waals surface area (Å²) in [6.45, 7) is 1.36. The number of carbonyl (C=O) groups is 2. The molecule has 2 N–H and O–H groups in total. The first-order chi connectivity index (χ1) is 10.2. The molecule has 0 heterocycles. The number of nitrogens with one attached hydrogen (secondary N) is 1. The van der Waals surface area contributed by atoms with Gasteiger partial charge >= 0.3 is 5.97 Å². The van der Waals surface area contributed by atoms with E-state index in [-0.39, 0.29) is 12.5 Å². The minimum atomic E-state index is -3.44. The molecule has 1 aliphatic carbocycles. The molecule has 1 fully saturated rings. The predicted octanol–water partition coefficient (Wildman–Crippen LogP) is 1.74. The molecule has 6 nitrogen and oxygen atoms in total. The van der Waals surface area contributed by atoms with Crippen molar-refractivity contribution in [3.63, 3.8) is 0 Å². The van der Waals surface area contributed by atoms with Gasteiger partial charge in [-0.3, -0.25) is 9.59 Å². The molecular weight excluding hydrogens is 306 g/mol. The van der Waals surface area contributed by atoms with Gasteiger partial charge in [0.25, 0.3) is 0 Å². The molecular formula is C15H27NO5S. The van der Waals surface area contributed by atoms with E-state index in [1.807, 2.05) is 0 Å². The Kier molecular flexibility index (Phi) is 7.32. The van der Waals surface area contributed by atoms with Gasteiger partial charge in [0.2, 0.25) is 5.91 Å². The van der Waals surface area contributed by atoms with Crippen LogP contribution in [0.2, 0.25) is 0 Å². The van der Waals surface area contributed by atoms with Gasteiger partial charge in [-0.25, -0.2) is 8.42 Å². The van der Waals surface area contributed by atoms with E-state index in [1.165, 1.54) is 26.2 Å². The van der Waals surface area contributed by atoms with E-state index in [1.54, 1.807) is 0 Å². The second-order valence-electron chi connectivity index (χ2n) is 6.35. The Morgan fingerprint density at radius 1 is 1.23 bits per heavy atom. The van der Waals surface area contributed by atoms with Crippen LogP contribution in [0.4, 0.5) is 0 Å². The summed E-state index contributed by atoms with van der Waals surface area (Å²) >= 11 is 0. The zero-order valence-electron chi connectivity index (χ0n) is 13.4. The lowest BCUT2D eigenvalue weighted by molar-refractivity contribution is -0.137. The molecule has 1 saturated carbocycles. The van der Waals surface area contributed by atoms with E-state index in [0.29, 0.717) is 12.3 Å². The average Bonchev–Trinajstić information content (AvgIpc) is 2.43. The van der Waals surface area contributed by atoms with Crippen LogP contribution in [0.3, 0.4) is 0 Å². The lowest BCUT2D eigenvalue weighted by Gasteiger charge is -2.27. The molecule has 0 bridgehead atoms. The van der Waals surface area contributed by atoms with Crippen LogP contribution in [0.1, 0.15) is 58.3 Å². The maximum atomic E-state index is 12.0. The molecule has 0 aliphatic heterocycles. The van der Waals surface area contributed by atoms with Gasteiger partial charge < -0.3 is 10.4 Å². The molecule has 22 heavy (non-hydrogen) atoms. The van der Waals surface area contributed by atoms with Gasteiger partial charge in [0.15, 0.2) is 9.84 Å². The third-order valence-corrected chi connectivity index (χ3v) is 5.91. The fraction of sp³-hybridized carbons (Fsp3) is 0.867. The molecule has 2 unspecified atom stereocenters. The quantitative estimate of drug-likeness (QED) is 0.704. The number of carbonyl (C=O) groups excluding carboxylic acids is 1. The van der Waals surface area contributed by atoms with E-state index in [2.05, 4.69) is 5.32 Å². The van der Waals surface area contributed by atoms with Gasteiger partial charge in [0.1, 0.15) is 5.25 Å². The third kappa shape index (κ3) is 6.77. The zero-order valence-corrected chi connectivity index (χ0v) is 14.2. The first kappa shape index (κ1) is 18.9. The summed E-state index contributed by atoms with van der Waals surface area (Å²) in [7, 11) is -3.44. The average molecular weight is 333 g/mol. The van der Waals surface area contributed by atoms with Gasteiger partial charge in [0.05, 0.1) is 0 Å². The smallest absolute Gasteiger partial charge is 0.303 e. The second-order valence-corrected chi connectivity index (χ2v) is 8.72. The van der Waals surface area contributed by atoms with Crippen molar-refractivity contribution in [3.8, 4) is 0 Å². The van der Waals surface area contributed by atoms with Crippen LogP contribution in [-0.4, -0.2) is 42.9 Å².